The quantitative estimate of drug-likeness (QED) is 0.451. The molecule has 1 atom stereocenters. The molecule has 3 aliphatic heterocycles. The third-order valence-electron chi connectivity index (χ3n) is 7.09. The van der Waals surface area contributed by atoms with Crippen molar-refractivity contribution in [1.29, 1.82) is 0 Å². The molecule has 31 heavy (non-hydrogen) atoms. The summed E-state index contributed by atoms with van der Waals surface area (Å²) in [6.45, 7) is 15.7. The summed E-state index contributed by atoms with van der Waals surface area (Å²) in [5.41, 5.74) is 0. The minimum atomic E-state index is -0.0111. The number of hydrogen-bond acceptors (Lipinski definition) is 5. The van der Waals surface area contributed by atoms with Crippen molar-refractivity contribution in [3.8, 4) is 0 Å². The molecule has 8 heteroatoms. The average Bonchev–Trinajstić information content (AvgIpc) is 3.35. The molecule has 3 saturated heterocycles. The molecule has 3 rings (SSSR count). The van der Waals surface area contributed by atoms with Gasteiger partial charge in [-0.3, -0.25) is 14.7 Å². The number of nitrogens with one attached hydrogen (secondary N) is 1. The zero-order valence-electron chi connectivity index (χ0n) is 20.0. The molecule has 1 amide bonds. The molecule has 178 valence electrons. The molecule has 0 aromatic heterocycles. The van der Waals surface area contributed by atoms with Gasteiger partial charge in [0.15, 0.2) is 5.96 Å². The monoisotopic (exact) mass is 436 g/mol. The molecule has 0 radical (unpaired) electrons. The largest absolute Gasteiger partial charge is 0.383 e. The van der Waals surface area contributed by atoms with Gasteiger partial charge in [-0.25, -0.2) is 0 Å². The minimum Gasteiger partial charge on any atom is -0.383 e. The second-order valence-corrected chi connectivity index (χ2v) is 9.20. The van der Waals surface area contributed by atoms with Crippen LogP contribution in [0, 0.1) is 5.92 Å². The zero-order valence-corrected chi connectivity index (χ0v) is 20.0. The van der Waals surface area contributed by atoms with E-state index in [1.807, 2.05) is 4.90 Å². The van der Waals surface area contributed by atoms with Crippen LogP contribution in [0.2, 0.25) is 0 Å². The van der Waals surface area contributed by atoms with Crippen molar-refractivity contribution < 1.29 is 9.53 Å². The molecule has 0 aliphatic carbocycles. The molecule has 0 aromatic rings. The molecule has 1 unspecified atom stereocenters. The second kappa shape index (κ2) is 12.6. The number of likely N-dealkylation sites (tertiary alicyclic amines) is 2. The lowest BCUT2D eigenvalue weighted by Crippen LogP contribution is -2.57. The van der Waals surface area contributed by atoms with E-state index in [9.17, 15) is 4.79 Å². The molecule has 8 nitrogen and oxygen atoms in total. The molecule has 3 heterocycles. The summed E-state index contributed by atoms with van der Waals surface area (Å²) >= 11 is 0. The van der Waals surface area contributed by atoms with Gasteiger partial charge in [0, 0.05) is 66.0 Å². The number of carbonyl (C=O) groups is 1. The van der Waals surface area contributed by atoms with Crippen molar-refractivity contribution in [1.82, 2.24) is 24.9 Å². The van der Waals surface area contributed by atoms with Gasteiger partial charge in [-0.05, 0) is 58.5 Å². The number of rotatable bonds is 8. The third-order valence-corrected chi connectivity index (χ3v) is 7.09. The lowest BCUT2D eigenvalue weighted by molar-refractivity contribution is -0.135. The summed E-state index contributed by atoms with van der Waals surface area (Å²) in [6.07, 6.45) is 4.74. The van der Waals surface area contributed by atoms with Crippen molar-refractivity contribution in [3.63, 3.8) is 0 Å². The van der Waals surface area contributed by atoms with E-state index in [1.54, 1.807) is 7.11 Å². The molecule has 1 N–H and O–H groups in total. The fraction of sp³-hybridized carbons (Fsp3) is 0.913. The van der Waals surface area contributed by atoms with Gasteiger partial charge in [0.2, 0.25) is 5.91 Å². The van der Waals surface area contributed by atoms with E-state index in [-0.39, 0.29) is 6.04 Å². The summed E-state index contributed by atoms with van der Waals surface area (Å²) in [4.78, 5) is 27.0. The number of methoxy groups -OCH3 is 1. The van der Waals surface area contributed by atoms with Gasteiger partial charge in [-0.2, -0.15) is 0 Å². The maximum absolute atomic E-state index is 12.7. The zero-order chi connectivity index (χ0) is 22.1. The predicted octanol–water partition coefficient (Wildman–Crippen LogP) is 0.939. The van der Waals surface area contributed by atoms with Crippen LogP contribution in [0.15, 0.2) is 4.99 Å². The SMILES string of the molecule is CCNC(=NCC1CCN(CCOC)CC1)N1CCN(C(C)C(=O)N2CCCC2)CC1. The van der Waals surface area contributed by atoms with Gasteiger partial charge in [-0.15, -0.1) is 0 Å². The Morgan fingerprint density at radius 1 is 1.03 bits per heavy atom. The van der Waals surface area contributed by atoms with E-state index in [0.29, 0.717) is 11.8 Å². The van der Waals surface area contributed by atoms with Gasteiger partial charge in [0.05, 0.1) is 12.6 Å². The Hall–Kier alpha value is -1.38. The number of piperazine rings is 1. The first-order valence-corrected chi connectivity index (χ1v) is 12.4. The Bertz CT molecular complexity index is 564. The lowest BCUT2D eigenvalue weighted by Gasteiger charge is -2.39. The van der Waals surface area contributed by atoms with Crippen LogP contribution in [0.1, 0.15) is 39.5 Å². The standard InChI is InChI=1S/C23H44N6O2/c1-4-24-23(25-19-21-7-11-26(12-8-21)17-18-31-3)29-15-13-27(14-16-29)20(2)22(30)28-9-5-6-10-28/h20-21H,4-19H2,1-3H3,(H,24,25). The number of carbonyl (C=O) groups excluding carboxylic acids is 1. The normalized spacial score (nSPS) is 23.4. The number of ether oxygens (including phenoxy) is 1. The number of piperidine rings is 1. The number of nitrogens with zero attached hydrogens (tertiary/aromatic N) is 5. The van der Waals surface area contributed by atoms with Gasteiger partial charge >= 0.3 is 0 Å². The average molecular weight is 437 g/mol. The second-order valence-electron chi connectivity index (χ2n) is 9.20. The highest BCUT2D eigenvalue weighted by Crippen LogP contribution is 2.18. The van der Waals surface area contributed by atoms with Gasteiger partial charge in [-0.1, -0.05) is 0 Å². The van der Waals surface area contributed by atoms with Gasteiger partial charge in [0.25, 0.3) is 0 Å². The topological polar surface area (TPSA) is 63.7 Å². The Balaban J connectivity index is 1.44. The van der Waals surface area contributed by atoms with Crippen molar-refractivity contribution in [2.75, 3.05) is 85.7 Å². The maximum Gasteiger partial charge on any atom is 0.239 e. The Morgan fingerprint density at radius 3 is 2.32 bits per heavy atom. The maximum atomic E-state index is 12.7. The van der Waals surface area contributed by atoms with Gasteiger partial charge in [0.1, 0.15) is 0 Å². The summed E-state index contributed by atoms with van der Waals surface area (Å²) in [5, 5.41) is 3.50. The first kappa shape index (κ1) is 24.3. The first-order chi connectivity index (χ1) is 15.1. The molecule has 0 spiro atoms. The summed E-state index contributed by atoms with van der Waals surface area (Å²) in [6, 6.07) is -0.0111. The Morgan fingerprint density at radius 2 is 1.71 bits per heavy atom. The predicted molar refractivity (Wildman–Crippen MR) is 125 cm³/mol. The highest BCUT2D eigenvalue weighted by Gasteiger charge is 2.30. The fourth-order valence-corrected chi connectivity index (χ4v) is 4.93. The fourth-order valence-electron chi connectivity index (χ4n) is 4.93. The van der Waals surface area contributed by atoms with Crippen LogP contribution >= 0.6 is 0 Å². The molecule has 0 aromatic carbocycles. The molecule has 3 aliphatic rings. The summed E-state index contributed by atoms with van der Waals surface area (Å²) < 4.78 is 5.20. The first-order valence-electron chi connectivity index (χ1n) is 12.4. The van der Waals surface area contributed by atoms with E-state index in [0.717, 1.165) is 97.4 Å². The van der Waals surface area contributed by atoms with Crippen molar-refractivity contribution in [2.45, 2.75) is 45.6 Å². The van der Waals surface area contributed by atoms with Crippen molar-refractivity contribution in [3.05, 3.63) is 0 Å². The Kier molecular flexibility index (Phi) is 9.87. The van der Waals surface area contributed by atoms with Crippen LogP contribution in [0.4, 0.5) is 0 Å². The molecule has 0 saturated carbocycles. The molecule has 3 fully saturated rings. The number of hydrogen-bond donors (Lipinski definition) is 1. The van der Waals surface area contributed by atoms with E-state index in [1.165, 1.54) is 12.8 Å². The van der Waals surface area contributed by atoms with E-state index < -0.39 is 0 Å². The minimum absolute atomic E-state index is 0.0111. The van der Waals surface area contributed by atoms with E-state index in [2.05, 4.69) is 33.9 Å². The van der Waals surface area contributed by atoms with Crippen LogP contribution in [0.5, 0.6) is 0 Å². The summed E-state index contributed by atoms with van der Waals surface area (Å²) in [5.74, 6) is 2.03. The van der Waals surface area contributed by atoms with Crippen LogP contribution in [0.25, 0.3) is 0 Å². The van der Waals surface area contributed by atoms with Crippen molar-refractivity contribution in [2.24, 2.45) is 10.9 Å². The third kappa shape index (κ3) is 7.05. The van der Waals surface area contributed by atoms with Crippen LogP contribution in [0.3, 0.4) is 0 Å². The highest BCUT2D eigenvalue weighted by atomic mass is 16.5. The van der Waals surface area contributed by atoms with Crippen molar-refractivity contribution >= 4 is 11.9 Å². The van der Waals surface area contributed by atoms with E-state index in [4.69, 9.17) is 9.73 Å². The van der Waals surface area contributed by atoms with Crippen LogP contribution < -0.4 is 5.32 Å². The molecular formula is C23H44N6O2. The molecule has 0 bridgehead atoms. The highest BCUT2D eigenvalue weighted by molar-refractivity contribution is 5.82. The van der Waals surface area contributed by atoms with Gasteiger partial charge < -0.3 is 24.8 Å². The molecular weight excluding hydrogens is 392 g/mol. The van der Waals surface area contributed by atoms with E-state index >= 15 is 0 Å². The summed E-state index contributed by atoms with van der Waals surface area (Å²) in [7, 11) is 1.77. The number of aliphatic imine (C=N–C) groups is 1. The number of amides is 1. The van der Waals surface area contributed by atoms with Crippen LogP contribution in [-0.4, -0.2) is 123 Å². The Labute approximate surface area is 189 Å². The lowest BCUT2D eigenvalue weighted by atomic mass is 9.97. The van der Waals surface area contributed by atoms with Crippen LogP contribution in [-0.2, 0) is 9.53 Å². The number of guanidine groups is 1. The smallest absolute Gasteiger partial charge is 0.239 e.